The molecule has 8 nitrogen and oxygen atoms in total. The topological polar surface area (TPSA) is 128 Å². The quantitative estimate of drug-likeness (QED) is 0.240. The van der Waals surface area contributed by atoms with Crippen LogP contribution in [0, 0.1) is 17.8 Å². The minimum absolute atomic E-state index is 0.188. The molecule has 0 saturated carbocycles. The molecule has 2 aromatic rings. The van der Waals surface area contributed by atoms with E-state index in [4.69, 9.17) is 4.74 Å². The molecule has 1 aliphatic carbocycles. The number of benzene rings is 2. The van der Waals surface area contributed by atoms with E-state index in [0.717, 1.165) is 34.5 Å². The van der Waals surface area contributed by atoms with Gasteiger partial charge in [0.1, 0.15) is 5.75 Å². The van der Waals surface area contributed by atoms with Gasteiger partial charge in [0.05, 0.1) is 36.8 Å². The Morgan fingerprint density at radius 2 is 1.87 bits per heavy atom. The number of anilines is 1. The molecule has 2 amide bonds. The number of aliphatic hydroxyl groups excluding tert-OH is 1. The van der Waals surface area contributed by atoms with E-state index in [9.17, 15) is 29.9 Å². The summed E-state index contributed by atoms with van der Waals surface area (Å²) in [6, 6.07) is 13.2. The van der Waals surface area contributed by atoms with Gasteiger partial charge in [0.25, 0.3) is 0 Å². The molecule has 2 saturated heterocycles. The Morgan fingerprint density at radius 1 is 1.11 bits per heavy atom. The van der Waals surface area contributed by atoms with Crippen molar-refractivity contribution in [2.75, 3.05) is 18.1 Å². The number of allylic oxidation sites excluding steroid dienone is 1. The molecular weight excluding hydrogens is 485 g/mol. The molecule has 2 fully saturated rings. The highest BCUT2D eigenvalue weighted by atomic mass is 16.5. The van der Waals surface area contributed by atoms with Gasteiger partial charge in [0.15, 0.2) is 0 Å². The largest absolute Gasteiger partial charge is 0.508 e. The number of aliphatic hydroxyl groups is 1. The zero-order chi connectivity index (χ0) is 27.0. The number of amides is 2. The number of hydrogen-bond donors (Lipinski definition) is 4. The van der Waals surface area contributed by atoms with Crippen molar-refractivity contribution < 1.29 is 34.6 Å². The maximum Gasteiger partial charge on any atom is 0.488 e. The first-order valence-corrected chi connectivity index (χ1v) is 13.1. The molecule has 4 atom stereocenters. The summed E-state index contributed by atoms with van der Waals surface area (Å²) >= 11 is 0. The minimum Gasteiger partial charge on any atom is -0.508 e. The van der Waals surface area contributed by atoms with Crippen LogP contribution in [0.15, 0.2) is 65.3 Å². The number of ether oxygens (including phenoxy) is 1. The van der Waals surface area contributed by atoms with Crippen molar-refractivity contribution in [3.63, 3.8) is 0 Å². The van der Waals surface area contributed by atoms with Crippen LogP contribution in [-0.4, -0.2) is 58.5 Å². The summed E-state index contributed by atoms with van der Waals surface area (Å²) < 4.78 is 6.20. The molecule has 198 valence electrons. The number of carbonyl (C=O) groups excluding carboxylic acids is 2. The number of fused-ring (bicyclic) bond motifs is 3. The van der Waals surface area contributed by atoms with E-state index in [2.05, 4.69) is 13.0 Å². The third-order valence-corrected chi connectivity index (χ3v) is 8.07. The lowest BCUT2D eigenvalue weighted by atomic mass is 9.69. The molecule has 9 heteroatoms. The summed E-state index contributed by atoms with van der Waals surface area (Å²) in [5, 5.41) is 38.9. The van der Waals surface area contributed by atoms with Crippen molar-refractivity contribution in [3.05, 3.63) is 70.8 Å². The number of hydrogen-bond acceptors (Lipinski definition) is 7. The van der Waals surface area contributed by atoms with Crippen molar-refractivity contribution in [2.24, 2.45) is 17.8 Å². The molecule has 0 aromatic heterocycles. The first-order chi connectivity index (χ1) is 18.3. The maximum absolute atomic E-state index is 13.6. The lowest BCUT2D eigenvalue weighted by molar-refractivity contribution is -0.122. The first-order valence-electron chi connectivity index (χ1n) is 13.1. The molecule has 5 rings (SSSR count). The zero-order valence-electron chi connectivity index (χ0n) is 21.3. The van der Waals surface area contributed by atoms with Gasteiger partial charge in [-0.2, -0.15) is 0 Å². The zero-order valence-corrected chi connectivity index (χ0v) is 21.3. The Balaban J connectivity index is 1.36. The molecule has 2 heterocycles. The van der Waals surface area contributed by atoms with Crippen LogP contribution in [0.2, 0.25) is 0 Å². The summed E-state index contributed by atoms with van der Waals surface area (Å²) in [4.78, 5) is 28.2. The predicted octanol–water partition coefficient (Wildman–Crippen LogP) is 2.16. The number of nitrogens with zero attached hydrogens (tertiary/aromatic N) is 1. The average molecular weight is 517 g/mol. The van der Waals surface area contributed by atoms with Crippen LogP contribution in [0.25, 0.3) is 6.08 Å². The predicted molar refractivity (Wildman–Crippen MR) is 143 cm³/mol. The highest BCUT2D eigenvalue weighted by molar-refractivity contribution is 6.58. The fourth-order valence-corrected chi connectivity index (χ4v) is 6.17. The molecule has 0 unspecified atom stereocenters. The summed E-state index contributed by atoms with van der Waals surface area (Å²) in [7, 11) is -1.71. The fraction of sp³-hybridized carbons (Fsp3) is 0.379. The third-order valence-electron chi connectivity index (χ3n) is 8.07. The van der Waals surface area contributed by atoms with Gasteiger partial charge < -0.3 is 25.0 Å². The summed E-state index contributed by atoms with van der Waals surface area (Å²) in [6.07, 6.45) is 4.52. The van der Waals surface area contributed by atoms with Crippen LogP contribution >= 0.6 is 0 Å². The van der Waals surface area contributed by atoms with Crippen LogP contribution in [-0.2, 0) is 14.3 Å². The Morgan fingerprint density at radius 3 is 2.55 bits per heavy atom. The molecule has 0 radical (unpaired) electrons. The second-order valence-corrected chi connectivity index (χ2v) is 10.2. The fourth-order valence-electron chi connectivity index (χ4n) is 6.17. The standard InChI is InChI=1S/C29H32BNO7/c1-2-17(12-18-6-9-22(33)10-7-18)8-11-25-26-19(15-32)13-23-27(24(26)16-38-25)29(35)31(28(23)34)21-5-3-4-20(14-21)30(36)37/h3-7,9-10,12,14,23-25,27,32-33,36-37H,2,8,11,13,15-16H2,1H3/b17-12+/t23-,24+,25-,27-/m1/s1. The lowest BCUT2D eigenvalue weighted by Crippen LogP contribution is -2.35. The lowest BCUT2D eigenvalue weighted by Gasteiger charge is -2.31. The number of aromatic hydroxyl groups is 1. The van der Waals surface area contributed by atoms with E-state index >= 15 is 0 Å². The summed E-state index contributed by atoms with van der Waals surface area (Å²) in [5.41, 5.74) is 4.48. The molecule has 4 N–H and O–H groups in total. The molecule has 0 spiro atoms. The number of carbonyl (C=O) groups is 2. The van der Waals surface area contributed by atoms with E-state index in [1.165, 1.54) is 17.7 Å². The van der Waals surface area contributed by atoms with Gasteiger partial charge in [0, 0.05) is 5.92 Å². The van der Waals surface area contributed by atoms with Crippen LogP contribution in [0.1, 0.15) is 38.2 Å². The highest BCUT2D eigenvalue weighted by Crippen LogP contribution is 2.50. The molecular formula is C29H32BNO7. The second kappa shape index (κ2) is 10.9. The van der Waals surface area contributed by atoms with E-state index in [0.29, 0.717) is 25.1 Å². The number of imide groups is 1. The minimum atomic E-state index is -1.71. The normalized spacial score (nSPS) is 25.2. The van der Waals surface area contributed by atoms with E-state index in [1.54, 1.807) is 24.3 Å². The molecule has 2 aromatic carbocycles. The van der Waals surface area contributed by atoms with Gasteiger partial charge >= 0.3 is 7.12 Å². The van der Waals surface area contributed by atoms with E-state index in [-0.39, 0.29) is 41.7 Å². The molecule has 3 aliphatic rings. The van der Waals surface area contributed by atoms with Crippen LogP contribution in [0.5, 0.6) is 5.75 Å². The first kappa shape index (κ1) is 26.4. The van der Waals surface area contributed by atoms with Crippen molar-refractivity contribution in [1.82, 2.24) is 0 Å². The van der Waals surface area contributed by atoms with Gasteiger partial charge in [-0.3, -0.25) is 14.5 Å². The van der Waals surface area contributed by atoms with Crippen LogP contribution < -0.4 is 10.4 Å². The Kier molecular flexibility index (Phi) is 7.54. The van der Waals surface area contributed by atoms with E-state index < -0.39 is 19.0 Å². The molecule has 0 bridgehead atoms. The highest BCUT2D eigenvalue weighted by Gasteiger charge is 2.57. The summed E-state index contributed by atoms with van der Waals surface area (Å²) in [5.74, 6) is -1.84. The van der Waals surface area contributed by atoms with E-state index in [1.807, 2.05) is 12.1 Å². The van der Waals surface area contributed by atoms with Crippen molar-refractivity contribution in [2.45, 2.75) is 38.7 Å². The van der Waals surface area contributed by atoms with Gasteiger partial charge in [-0.15, -0.1) is 0 Å². The van der Waals surface area contributed by atoms with Crippen molar-refractivity contribution >= 4 is 36.2 Å². The smallest absolute Gasteiger partial charge is 0.488 e. The second-order valence-electron chi connectivity index (χ2n) is 10.2. The monoisotopic (exact) mass is 517 g/mol. The van der Waals surface area contributed by atoms with Crippen LogP contribution in [0.3, 0.4) is 0 Å². The van der Waals surface area contributed by atoms with Gasteiger partial charge in [-0.1, -0.05) is 42.8 Å². The Labute approximate surface area is 222 Å². The molecule has 38 heavy (non-hydrogen) atoms. The number of phenolic OH excluding ortho intramolecular Hbond substituents is 1. The van der Waals surface area contributed by atoms with Gasteiger partial charge in [0.2, 0.25) is 11.8 Å². The average Bonchev–Trinajstić information content (AvgIpc) is 3.45. The Hall–Kier alpha value is -3.24. The number of phenols is 1. The van der Waals surface area contributed by atoms with Crippen molar-refractivity contribution in [3.8, 4) is 5.75 Å². The third kappa shape index (κ3) is 4.83. The van der Waals surface area contributed by atoms with Crippen LogP contribution in [0.4, 0.5) is 5.69 Å². The summed E-state index contributed by atoms with van der Waals surface area (Å²) in [6.45, 7) is 2.22. The maximum atomic E-state index is 13.6. The van der Waals surface area contributed by atoms with Gasteiger partial charge in [-0.25, -0.2) is 0 Å². The van der Waals surface area contributed by atoms with Gasteiger partial charge in [-0.05, 0) is 72.1 Å². The van der Waals surface area contributed by atoms with Crippen molar-refractivity contribution in [1.29, 1.82) is 0 Å². The molecule has 2 aliphatic heterocycles. The SMILES string of the molecule is CC/C(=C\c1ccc(O)cc1)CC[C@H]1OC[C@H]2C1=C(CO)C[C@H]1C(=O)N(c3cccc(B(O)O)c3)C(=O)[C@H]12. The Bertz CT molecular complexity index is 1290. The number of rotatable bonds is 8.